The predicted molar refractivity (Wildman–Crippen MR) is 71.4 cm³/mol. The number of sulfonamides is 1. The second kappa shape index (κ2) is 4.92. The summed E-state index contributed by atoms with van der Waals surface area (Å²) >= 11 is 5.95. The fraction of sp³-hybridized carbons (Fsp3) is 0.455. The van der Waals surface area contributed by atoms with Crippen molar-refractivity contribution in [2.75, 3.05) is 18.8 Å². The number of aryl methyl sites for hydroxylation is 1. The van der Waals surface area contributed by atoms with Gasteiger partial charge in [-0.2, -0.15) is 4.31 Å². The summed E-state index contributed by atoms with van der Waals surface area (Å²) in [5.74, 6) is 0. The third kappa shape index (κ3) is 2.56. The molecule has 1 aromatic rings. The molecule has 1 heterocycles. The normalized spacial score (nSPS) is 24.8. The second-order valence-corrected chi connectivity index (χ2v) is 6.91. The molecule has 106 valence electrons. The zero-order valence-electron chi connectivity index (χ0n) is 10.2. The molecule has 0 aromatic heterocycles. The van der Waals surface area contributed by atoms with E-state index in [0.717, 1.165) is 4.31 Å². The molecule has 0 amide bonds. The number of hydrogen-bond donors (Lipinski definition) is 3. The molecule has 8 heteroatoms. The highest BCUT2D eigenvalue weighted by Gasteiger charge is 2.38. The topological polar surface area (TPSA) is 104 Å². The third-order valence-corrected chi connectivity index (χ3v) is 5.46. The van der Waals surface area contributed by atoms with E-state index < -0.39 is 22.2 Å². The zero-order chi connectivity index (χ0) is 14.4. The molecule has 0 saturated carbocycles. The number of halogens is 1. The Morgan fingerprint density at radius 2 is 1.84 bits per heavy atom. The van der Waals surface area contributed by atoms with Crippen LogP contribution in [0.2, 0.25) is 5.02 Å². The Labute approximate surface area is 116 Å². The quantitative estimate of drug-likeness (QED) is 0.665. The van der Waals surface area contributed by atoms with Gasteiger partial charge in [0.2, 0.25) is 10.0 Å². The van der Waals surface area contributed by atoms with Crippen molar-refractivity contribution < 1.29 is 18.6 Å². The third-order valence-electron chi connectivity index (χ3n) is 3.16. The Hall–Kier alpha value is -0.860. The van der Waals surface area contributed by atoms with Crippen LogP contribution >= 0.6 is 11.6 Å². The molecule has 1 aliphatic rings. The number of nitrogens with two attached hydrogens (primary N) is 1. The maximum absolute atomic E-state index is 12.4. The van der Waals surface area contributed by atoms with Crippen LogP contribution in [0.15, 0.2) is 17.0 Å². The minimum absolute atomic E-state index is 0.0718. The Balaban J connectivity index is 2.43. The van der Waals surface area contributed by atoms with Crippen LogP contribution in [0.1, 0.15) is 5.56 Å². The van der Waals surface area contributed by atoms with E-state index in [1.807, 2.05) is 0 Å². The van der Waals surface area contributed by atoms with Crippen LogP contribution in [0, 0.1) is 6.92 Å². The van der Waals surface area contributed by atoms with Crippen molar-refractivity contribution in [2.45, 2.75) is 24.0 Å². The summed E-state index contributed by atoms with van der Waals surface area (Å²) in [6.07, 6.45) is -2.17. The highest BCUT2D eigenvalue weighted by atomic mass is 35.5. The molecule has 0 aliphatic carbocycles. The lowest BCUT2D eigenvalue weighted by atomic mass is 10.2. The number of benzene rings is 1. The average Bonchev–Trinajstić information content (AvgIpc) is 2.65. The molecule has 2 atom stereocenters. The minimum Gasteiger partial charge on any atom is -0.398 e. The summed E-state index contributed by atoms with van der Waals surface area (Å²) in [6.45, 7) is 1.40. The van der Waals surface area contributed by atoms with E-state index >= 15 is 0 Å². The summed E-state index contributed by atoms with van der Waals surface area (Å²) in [4.78, 5) is -0.112. The van der Waals surface area contributed by atoms with E-state index in [2.05, 4.69) is 0 Å². The van der Waals surface area contributed by atoms with Gasteiger partial charge in [-0.1, -0.05) is 11.6 Å². The van der Waals surface area contributed by atoms with Gasteiger partial charge in [-0.05, 0) is 24.6 Å². The molecular weight excluding hydrogens is 292 g/mol. The molecule has 19 heavy (non-hydrogen) atoms. The molecule has 0 bridgehead atoms. The van der Waals surface area contributed by atoms with E-state index in [-0.39, 0.29) is 23.0 Å². The summed E-state index contributed by atoms with van der Waals surface area (Å²) in [5, 5.41) is 18.9. The van der Waals surface area contributed by atoms with Gasteiger partial charge in [0.25, 0.3) is 0 Å². The van der Waals surface area contributed by atoms with E-state index in [1.54, 1.807) is 6.92 Å². The summed E-state index contributed by atoms with van der Waals surface area (Å²) in [5.41, 5.74) is 6.71. The fourth-order valence-corrected chi connectivity index (χ4v) is 4.00. The van der Waals surface area contributed by atoms with Gasteiger partial charge in [0.15, 0.2) is 0 Å². The SMILES string of the molecule is Cc1cc(Cl)c(S(=O)(=O)N2C[C@@H](O)[C@@H](O)C2)cc1N. The van der Waals surface area contributed by atoms with E-state index in [1.165, 1.54) is 12.1 Å². The fourth-order valence-electron chi connectivity index (χ4n) is 1.94. The molecular formula is C11H15ClN2O4S. The lowest BCUT2D eigenvalue weighted by molar-refractivity contribution is 0.0572. The second-order valence-electron chi connectivity index (χ2n) is 4.60. The number of aliphatic hydroxyl groups excluding tert-OH is 2. The summed E-state index contributed by atoms with van der Waals surface area (Å²) in [7, 11) is -3.87. The minimum atomic E-state index is -3.87. The zero-order valence-corrected chi connectivity index (χ0v) is 11.8. The monoisotopic (exact) mass is 306 g/mol. The van der Waals surface area contributed by atoms with Crippen LogP contribution in [-0.2, 0) is 10.0 Å². The van der Waals surface area contributed by atoms with Gasteiger partial charge in [0.1, 0.15) is 4.90 Å². The van der Waals surface area contributed by atoms with Crippen molar-refractivity contribution in [3.05, 3.63) is 22.7 Å². The number of nitrogens with zero attached hydrogens (tertiary/aromatic N) is 1. The molecule has 1 aliphatic heterocycles. The Kier molecular flexibility index (Phi) is 3.76. The molecule has 1 saturated heterocycles. The van der Waals surface area contributed by atoms with Gasteiger partial charge in [-0.15, -0.1) is 0 Å². The number of β-amino-alcohol motifs (C(OH)–C–C–N with tert-alkyl or cyclic N) is 2. The molecule has 2 rings (SSSR count). The Bertz CT molecular complexity index is 595. The Morgan fingerprint density at radius 3 is 2.37 bits per heavy atom. The van der Waals surface area contributed by atoms with Crippen LogP contribution in [0.25, 0.3) is 0 Å². The first-order chi connectivity index (χ1) is 8.73. The molecule has 4 N–H and O–H groups in total. The van der Waals surface area contributed by atoms with Crippen molar-refractivity contribution in [3.8, 4) is 0 Å². The first-order valence-corrected chi connectivity index (χ1v) is 7.47. The van der Waals surface area contributed by atoms with E-state index in [9.17, 15) is 18.6 Å². The van der Waals surface area contributed by atoms with Crippen molar-refractivity contribution in [1.82, 2.24) is 4.31 Å². The van der Waals surface area contributed by atoms with Gasteiger partial charge in [-0.3, -0.25) is 0 Å². The van der Waals surface area contributed by atoms with Crippen molar-refractivity contribution in [1.29, 1.82) is 0 Å². The van der Waals surface area contributed by atoms with E-state index in [4.69, 9.17) is 17.3 Å². The largest absolute Gasteiger partial charge is 0.398 e. The first-order valence-electron chi connectivity index (χ1n) is 5.65. The van der Waals surface area contributed by atoms with E-state index in [0.29, 0.717) is 11.3 Å². The number of hydrogen-bond acceptors (Lipinski definition) is 5. The lowest BCUT2D eigenvalue weighted by Crippen LogP contribution is -2.30. The summed E-state index contributed by atoms with van der Waals surface area (Å²) < 4.78 is 25.7. The van der Waals surface area contributed by atoms with Crippen LogP contribution in [-0.4, -0.2) is 48.2 Å². The van der Waals surface area contributed by atoms with Gasteiger partial charge in [-0.25, -0.2) is 8.42 Å². The van der Waals surface area contributed by atoms with Crippen molar-refractivity contribution in [2.24, 2.45) is 0 Å². The molecule has 0 unspecified atom stereocenters. The number of rotatable bonds is 2. The van der Waals surface area contributed by atoms with Crippen LogP contribution in [0.3, 0.4) is 0 Å². The number of aliphatic hydroxyl groups is 2. The molecule has 1 fully saturated rings. The predicted octanol–water partition coefficient (Wildman–Crippen LogP) is -0.0433. The van der Waals surface area contributed by atoms with Gasteiger partial charge >= 0.3 is 0 Å². The van der Waals surface area contributed by atoms with Gasteiger partial charge in [0.05, 0.1) is 17.2 Å². The van der Waals surface area contributed by atoms with Crippen LogP contribution < -0.4 is 5.73 Å². The van der Waals surface area contributed by atoms with Crippen LogP contribution in [0.5, 0.6) is 0 Å². The standard InChI is InChI=1S/C11H15ClN2O4S/c1-6-2-7(12)11(3-8(6)13)19(17,18)14-4-9(15)10(16)5-14/h2-3,9-10,15-16H,4-5,13H2,1H3/t9-,10+. The molecule has 1 aromatic carbocycles. The van der Waals surface area contributed by atoms with Crippen molar-refractivity contribution in [3.63, 3.8) is 0 Å². The Morgan fingerprint density at radius 1 is 1.32 bits per heavy atom. The lowest BCUT2D eigenvalue weighted by Gasteiger charge is -2.17. The maximum Gasteiger partial charge on any atom is 0.244 e. The smallest absolute Gasteiger partial charge is 0.244 e. The van der Waals surface area contributed by atoms with Gasteiger partial charge in [0, 0.05) is 18.8 Å². The maximum atomic E-state index is 12.4. The molecule has 0 radical (unpaired) electrons. The first kappa shape index (κ1) is 14.5. The molecule has 6 nitrogen and oxygen atoms in total. The number of anilines is 1. The van der Waals surface area contributed by atoms with Crippen LogP contribution in [0.4, 0.5) is 5.69 Å². The number of nitrogen functional groups attached to an aromatic ring is 1. The average molecular weight is 307 g/mol. The van der Waals surface area contributed by atoms with Crippen molar-refractivity contribution >= 4 is 27.3 Å². The highest BCUT2D eigenvalue weighted by molar-refractivity contribution is 7.89. The molecule has 0 spiro atoms. The highest BCUT2D eigenvalue weighted by Crippen LogP contribution is 2.30. The summed E-state index contributed by atoms with van der Waals surface area (Å²) in [6, 6.07) is 2.77. The van der Waals surface area contributed by atoms with Gasteiger partial charge < -0.3 is 15.9 Å².